The molecule has 7 heteroatoms. The highest BCUT2D eigenvalue weighted by atomic mass is 32.2. The summed E-state index contributed by atoms with van der Waals surface area (Å²) in [5, 5.41) is 9.94. The van der Waals surface area contributed by atoms with E-state index in [-0.39, 0.29) is 23.4 Å². The molecule has 1 aromatic heterocycles. The number of aromatic nitrogens is 2. The van der Waals surface area contributed by atoms with Gasteiger partial charge in [-0.05, 0) is 34.6 Å². The number of anilines is 1. The maximum atomic E-state index is 12.0. The lowest BCUT2D eigenvalue weighted by Gasteiger charge is -2.04. The molecule has 23 heavy (non-hydrogen) atoms. The molecule has 0 atom stereocenters. The van der Waals surface area contributed by atoms with Crippen LogP contribution in [0.15, 0.2) is 70.2 Å². The number of hydrogen-bond donors (Lipinski definition) is 1. The van der Waals surface area contributed by atoms with Gasteiger partial charge in [0.2, 0.25) is 11.7 Å². The Kier molecular flexibility index (Phi) is 4.90. The molecule has 1 N–H and O–H groups in total. The van der Waals surface area contributed by atoms with Crippen molar-refractivity contribution < 1.29 is 14.2 Å². The van der Waals surface area contributed by atoms with E-state index in [9.17, 15) is 4.79 Å². The number of rotatable bonds is 6. The van der Waals surface area contributed by atoms with E-state index >= 15 is 0 Å². The van der Waals surface area contributed by atoms with Crippen LogP contribution in [0.5, 0.6) is 11.6 Å². The van der Waals surface area contributed by atoms with Crippen LogP contribution in [0.4, 0.5) is 5.82 Å². The normalized spacial score (nSPS) is 10.3. The summed E-state index contributed by atoms with van der Waals surface area (Å²) >= 11 is 1.43. The van der Waals surface area contributed by atoms with Gasteiger partial charge in [-0.25, -0.2) is 4.63 Å². The number of amides is 1. The number of carbonyl (C=O) groups is 1. The fraction of sp³-hybridized carbons (Fsp3) is 0.0625. The van der Waals surface area contributed by atoms with Crippen molar-refractivity contribution in [3.05, 3.63) is 60.7 Å². The Morgan fingerprint density at radius 3 is 2.48 bits per heavy atom. The van der Waals surface area contributed by atoms with Crippen molar-refractivity contribution in [2.24, 2.45) is 0 Å². The minimum atomic E-state index is -0.215. The van der Waals surface area contributed by atoms with E-state index < -0.39 is 0 Å². The van der Waals surface area contributed by atoms with Gasteiger partial charge < -0.3 is 10.1 Å². The number of carbonyl (C=O) groups excluding carboxylic acids is 1. The topological polar surface area (TPSA) is 77.3 Å². The van der Waals surface area contributed by atoms with Gasteiger partial charge in [-0.1, -0.05) is 36.4 Å². The summed E-state index contributed by atoms with van der Waals surface area (Å²) in [6.45, 7) is 0. The monoisotopic (exact) mass is 327 g/mol. The molecule has 0 unspecified atom stereocenters. The molecule has 0 spiro atoms. The zero-order valence-electron chi connectivity index (χ0n) is 12.0. The standard InChI is InChI=1S/C16H13N3O3S/c20-14(11-23-13-9-5-2-6-10-13)17-15-16(19-22-18-15)21-12-7-3-1-4-8-12/h1-10H,11H2,(H,17,18,20). The lowest BCUT2D eigenvalue weighted by atomic mass is 10.3. The number of hydrogen-bond acceptors (Lipinski definition) is 6. The molecule has 1 heterocycles. The van der Waals surface area contributed by atoms with Crippen molar-refractivity contribution in [1.29, 1.82) is 0 Å². The molecule has 0 saturated heterocycles. The molecule has 6 nitrogen and oxygen atoms in total. The second kappa shape index (κ2) is 7.46. The van der Waals surface area contributed by atoms with Gasteiger partial charge in [0.1, 0.15) is 5.75 Å². The number of nitrogens with one attached hydrogen (secondary N) is 1. The highest BCUT2D eigenvalue weighted by Gasteiger charge is 2.15. The average molecular weight is 327 g/mol. The first-order chi connectivity index (χ1) is 11.3. The molecular weight excluding hydrogens is 314 g/mol. The molecule has 3 rings (SSSR count). The maximum absolute atomic E-state index is 12.0. The number of nitrogens with zero attached hydrogens (tertiary/aromatic N) is 2. The summed E-state index contributed by atoms with van der Waals surface area (Å²) in [5.41, 5.74) is 0. The SMILES string of the molecule is O=C(CSc1ccccc1)Nc1nonc1Oc1ccccc1. The third-order valence-electron chi connectivity index (χ3n) is 2.79. The largest absolute Gasteiger partial charge is 0.434 e. The lowest BCUT2D eigenvalue weighted by Crippen LogP contribution is -2.14. The van der Waals surface area contributed by atoms with E-state index in [0.29, 0.717) is 5.75 Å². The highest BCUT2D eigenvalue weighted by Crippen LogP contribution is 2.26. The van der Waals surface area contributed by atoms with Crippen LogP contribution in [-0.4, -0.2) is 22.0 Å². The van der Waals surface area contributed by atoms with Crippen molar-refractivity contribution in [1.82, 2.24) is 10.3 Å². The summed E-state index contributed by atoms with van der Waals surface area (Å²) in [4.78, 5) is 13.0. The van der Waals surface area contributed by atoms with Gasteiger partial charge in [0.25, 0.3) is 0 Å². The van der Waals surface area contributed by atoms with Gasteiger partial charge >= 0.3 is 5.88 Å². The van der Waals surface area contributed by atoms with E-state index in [1.807, 2.05) is 48.5 Å². The molecule has 0 saturated carbocycles. The van der Waals surface area contributed by atoms with E-state index in [0.717, 1.165) is 4.90 Å². The van der Waals surface area contributed by atoms with E-state index in [1.54, 1.807) is 12.1 Å². The summed E-state index contributed by atoms with van der Waals surface area (Å²) < 4.78 is 10.2. The van der Waals surface area contributed by atoms with Crippen molar-refractivity contribution in [3.8, 4) is 11.6 Å². The Morgan fingerprint density at radius 1 is 1.04 bits per heavy atom. The van der Waals surface area contributed by atoms with Gasteiger partial charge in [0.15, 0.2) is 0 Å². The van der Waals surface area contributed by atoms with Gasteiger partial charge in [0.05, 0.1) is 5.75 Å². The Bertz CT molecular complexity index is 763. The van der Waals surface area contributed by atoms with Crippen LogP contribution in [0.2, 0.25) is 0 Å². The molecule has 116 valence electrons. The summed E-state index contributed by atoms with van der Waals surface area (Å²) in [5.74, 6) is 0.897. The van der Waals surface area contributed by atoms with Gasteiger partial charge in [-0.2, -0.15) is 0 Å². The van der Waals surface area contributed by atoms with Crippen LogP contribution in [0.25, 0.3) is 0 Å². The zero-order chi connectivity index (χ0) is 15.9. The molecule has 1 amide bonds. The van der Waals surface area contributed by atoms with Crippen molar-refractivity contribution in [2.75, 3.05) is 11.1 Å². The molecule has 0 aliphatic carbocycles. The van der Waals surface area contributed by atoms with Gasteiger partial charge in [0, 0.05) is 4.90 Å². The zero-order valence-corrected chi connectivity index (χ0v) is 12.8. The first-order valence-corrected chi connectivity index (χ1v) is 7.83. The Balaban J connectivity index is 1.58. The minimum Gasteiger partial charge on any atom is -0.434 e. The van der Waals surface area contributed by atoms with Crippen molar-refractivity contribution in [3.63, 3.8) is 0 Å². The Hall–Kier alpha value is -2.80. The number of benzene rings is 2. The molecule has 0 bridgehead atoms. The quantitative estimate of drug-likeness (QED) is 0.697. The predicted octanol–water partition coefficient (Wildman–Crippen LogP) is 3.59. The molecular formula is C16H13N3O3S. The first kappa shape index (κ1) is 15.1. The van der Waals surface area contributed by atoms with Crippen LogP contribution < -0.4 is 10.1 Å². The van der Waals surface area contributed by atoms with Gasteiger partial charge in [-0.15, -0.1) is 11.8 Å². The third-order valence-corrected chi connectivity index (χ3v) is 3.80. The Labute approximate surface area is 136 Å². The molecule has 0 aliphatic rings. The van der Waals surface area contributed by atoms with E-state index in [4.69, 9.17) is 4.74 Å². The first-order valence-electron chi connectivity index (χ1n) is 6.84. The van der Waals surface area contributed by atoms with Crippen LogP contribution in [0.3, 0.4) is 0 Å². The minimum absolute atomic E-state index is 0.120. The average Bonchev–Trinajstić information content (AvgIpc) is 3.02. The van der Waals surface area contributed by atoms with Crippen LogP contribution in [0.1, 0.15) is 0 Å². The highest BCUT2D eigenvalue weighted by molar-refractivity contribution is 8.00. The fourth-order valence-corrected chi connectivity index (χ4v) is 2.48. The summed E-state index contributed by atoms with van der Waals surface area (Å²) in [6.07, 6.45) is 0. The second-order valence-corrected chi connectivity index (χ2v) is 5.53. The van der Waals surface area contributed by atoms with Crippen LogP contribution >= 0.6 is 11.8 Å². The molecule has 0 aliphatic heterocycles. The molecule has 2 aromatic carbocycles. The number of ether oxygens (including phenoxy) is 1. The van der Waals surface area contributed by atoms with Crippen LogP contribution in [0, 0.1) is 0 Å². The Morgan fingerprint density at radius 2 is 1.74 bits per heavy atom. The van der Waals surface area contributed by atoms with E-state index in [1.165, 1.54) is 11.8 Å². The second-order valence-electron chi connectivity index (χ2n) is 4.48. The van der Waals surface area contributed by atoms with Gasteiger partial charge in [-0.3, -0.25) is 4.79 Å². The molecule has 3 aromatic rings. The van der Waals surface area contributed by atoms with Crippen molar-refractivity contribution >= 4 is 23.5 Å². The predicted molar refractivity (Wildman–Crippen MR) is 86.6 cm³/mol. The number of para-hydroxylation sites is 1. The van der Waals surface area contributed by atoms with Crippen LogP contribution in [-0.2, 0) is 4.79 Å². The fourth-order valence-electron chi connectivity index (χ4n) is 1.76. The lowest BCUT2D eigenvalue weighted by molar-refractivity contribution is -0.113. The summed E-state index contributed by atoms with van der Waals surface area (Å²) in [6, 6.07) is 18.7. The molecule has 0 radical (unpaired) electrons. The number of thioether (sulfide) groups is 1. The maximum Gasteiger partial charge on any atom is 0.306 e. The molecule has 0 fully saturated rings. The van der Waals surface area contributed by atoms with E-state index in [2.05, 4.69) is 20.3 Å². The van der Waals surface area contributed by atoms with Crippen molar-refractivity contribution in [2.45, 2.75) is 4.90 Å². The summed E-state index contributed by atoms with van der Waals surface area (Å²) in [7, 11) is 0. The smallest absolute Gasteiger partial charge is 0.306 e. The third kappa shape index (κ3) is 4.33.